The van der Waals surface area contributed by atoms with Crippen LogP contribution in [-0.4, -0.2) is 27.4 Å². The summed E-state index contributed by atoms with van der Waals surface area (Å²) in [5, 5.41) is 12.5. The Morgan fingerprint density at radius 3 is 2.21 bits per heavy atom. The Labute approximate surface area is 143 Å². The molecule has 1 unspecified atom stereocenters. The van der Waals surface area contributed by atoms with E-state index in [4.69, 9.17) is 0 Å². The highest BCUT2D eigenvalue weighted by Gasteiger charge is 2.71. The van der Waals surface area contributed by atoms with Crippen LogP contribution in [0.2, 0.25) is 0 Å². The van der Waals surface area contributed by atoms with E-state index in [0.29, 0.717) is 10.6 Å². The summed E-state index contributed by atoms with van der Waals surface area (Å²) in [5.74, 6) is -1.60. The largest absolute Gasteiger partial charge is 0.481 e. The van der Waals surface area contributed by atoms with Gasteiger partial charge < -0.3 is 10.4 Å². The lowest BCUT2D eigenvalue weighted by atomic mass is 9.78. The molecule has 24 heavy (non-hydrogen) atoms. The standard InChI is InChI=1S/C18H21NO4S/c1-24(23)11-4-2-10(3-5-11)19-16(20)14-12-6-7-13(15(14)17(21)22)18(12)8-9-18/h2-5,12-15H,6-9H2,1H3,(H,19,20)(H,21,22)/t12-,13+,14+,15-,24?/m0/s1. The van der Waals surface area contributed by atoms with Crippen molar-refractivity contribution in [3.8, 4) is 0 Å². The first-order chi connectivity index (χ1) is 11.4. The van der Waals surface area contributed by atoms with E-state index >= 15 is 0 Å². The van der Waals surface area contributed by atoms with E-state index in [2.05, 4.69) is 5.32 Å². The van der Waals surface area contributed by atoms with Crippen LogP contribution in [0.25, 0.3) is 0 Å². The second-order valence-electron chi connectivity index (χ2n) is 7.38. The predicted octanol–water partition coefficient (Wildman–Crippen LogP) is 2.50. The zero-order chi connectivity index (χ0) is 17.1. The molecule has 3 aliphatic carbocycles. The lowest BCUT2D eigenvalue weighted by Gasteiger charge is -2.26. The van der Waals surface area contributed by atoms with Gasteiger partial charge in [-0.25, -0.2) is 0 Å². The van der Waals surface area contributed by atoms with Gasteiger partial charge in [0.1, 0.15) is 0 Å². The minimum atomic E-state index is -1.06. The smallest absolute Gasteiger partial charge is 0.307 e. The van der Waals surface area contributed by atoms with Crippen molar-refractivity contribution in [2.24, 2.45) is 29.1 Å². The number of anilines is 1. The molecule has 0 heterocycles. The number of benzene rings is 1. The molecule has 5 nitrogen and oxygen atoms in total. The number of nitrogens with one attached hydrogen (secondary N) is 1. The first kappa shape index (κ1) is 15.8. The Morgan fingerprint density at radius 2 is 1.71 bits per heavy atom. The third kappa shape index (κ3) is 2.23. The van der Waals surface area contributed by atoms with Gasteiger partial charge in [-0.2, -0.15) is 0 Å². The van der Waals surface area contributed by atoms with Crippen molar-refractivity contribution in [2.75, 3.05) is 11.6 Å². The molecule has 6 heteroatoms. The molecule has 1 aromatic rings. The highest BCUT2D eigenvalue weighted by Crippen LogP contribution is 2.74. The molecule has 0 saturated heterocycles. The SMILES string of the molecule is CS(=O)c1ccc(NC(=O)[C@H]2[C@@H](C(=O)O)[C@H]3CC[C@@H]2C32CC2)cc1. The lowest BCUT2D eigenvalue weighted by molar-refractivity contribution is -0.148. The minimum absolute atomic E-state index is 0.133. The number of hydrogen-bond acceptors (Lipinski definition) is 3. The predicted molar refractivity (Wildman–Crippen MR) is 89.9 cm³/mol. The highest BCUT2D eigenvalue weighted by molar-refractivity contribution is 7.84. The average Bonchev–Trinajstić information content (AvgIpc) is 3.21. The summed E-state index contributed by atoms with van der Waals surface area (Å²) in [6, 6.07) is 6.90. The molecule has 0 aromatic heterocycles. The molecule has 128 valence electrons. The fourth-order valence-electron chi connectivity index (χ4n) is 5.30. The van der Waals surface area contributed by atoms with Crippen LogP contribution < -0.4 is 5.32 Å². The third-order valence-electron chi connectivity index (χ3n) is 6.39. The van der Waals surface area contributed by atoms with E-state index in [1.54, 1.807) is 30.5 Å². The van der Waals surface area contributed by atoms with Gasteiger partial charge in [-0.05, 0) is 67.2 Å². The first-order valence-corrected chi connectivity index (χ1v) is 9.97. The van der Waals surface area contributed by atoms with Crippen molar-refractivity contribution >= 4 is 28.4 Å². The van der Waals surface area contributed by atoms with Gasteiger partial charge in [0.25, 0.3) is 0 Å². The number of rotatable bonds is 4. The fourth-order valence-corrected chi connectivity index (χ4v) is 5.82. The molecule has 2 N–H and O–H groups in total. The topological polar surface area (TPSA) is 83.5 Å². The molecule has 1 spiro atoms. The van der Waals surface area contributed by atoms with Gasteiger partial charge in [-0.3, -0.25) is 13.8 Å². The molecule has 0 radical (unpaired) electrons. The van der Waals surface area contributed by atoms with Crippen molar-refractivity contribution in [1.29, 1.82) is 0 Å². The van der Waals surface area contributed by atoms with Crippen LogP contribution >= 0.6 is 0 Å². The summed E-state index contributed by atoms with van der Waals surface area (Å²) >= 11 is 0. The highest BCUT2D eigenvalue weighted by atomic mass is 32.2. The van der Waals surface area contributed by atoms with Crippen LogP contribution in [0.1, 0.15) is 25.7 Å². The Bertz CT molecular complexity index is 725. The first-order valence-electron chi connectivity index (χ1n) is 8.41. The van der Waals surface area contributed by atoms with E-state index in [0.717, 1.165) is 25.7 Å². The van der Waals surface area contributed by atoms with Crippen molar-refractivity contribution in [3.05, 3.63) is 24.3 Å². The zero-order valence-corrected chi connectivity index (χ0v) is 14.3. The summed E-state index contributed by atoms with van der Waals surface area (Å²) < 4.78 is 11.4. The van der Waals surface area contributed by atoms with Gasteiger partial charge in [0, 0.05) is 27.6 Å². The number of hydrogen-bond donors (Lipinski definition) is 2. The van der Waals surface area contributed by atoms with Crippen LogP contribution in [0.15, 0.2) is 29.2 Å². The molecule has 3 saturated carbocycles. The van der Waals surface area contributed by atoms with Crippen LogP contribution in [0, 0.1) is 29.1 Å². The van der Waals surface area contributed by atoms with Crippen molar-refractivity contribution in [1.82, 2.24) is 0 Å². The van der Waals surface area contributed by atoms with Gasteiger partial charge in [0.05, 0.1) is 11.8 Å². The van der Waals surface area contributed by atoms with Crippen LogP contribution in [0.5, 0.6) is 0 Å². The van der Waals surface area contributed by atoms with E-state index in [-0.39, 0.29) is 23.2 Å². The normalized spacial score (nSPS) is 33.4. The van der Waals surface area contributed by atoms with Crippen LogP contribution in [0.4, 0.5) is 5.69 Å². The molecule has 2 bridgehead atoms. The number of amides is 1. The Kier molecular flexibility index (Phi) is 3.56. The third-order valence-corrected chi connectivity index (χ3v) is 7.32. The van der Waals surface area contributed by atoms with Gasteiger partial charge in [-0.1, -0.05) is 0 Å². The second kappa shape index (κ2) is 5.41. The van der Waals surface area contributed by atoms with Gasteiger partial charge in [0.15, 0.2) is 0 Å². The molecule has 4 rings (SSSR count). The maximum Gasteiger partial charge on any atom is 0.307 e. The molecular weight excluding hydrogens is 326 g/mol. The average molecular weight is 347 g/mol. The second-order valence-corrected chi connectivity index (χ2v) is 8.76. The maximum atomic E-state index is 12.8. The molecule has 3 fully saturated rings. The molecule has 5 atom stereocenters. The fraction of sp³-hybridized carbons (Fsp3) is 0.556. The van der Waals surface area contributed by atoms with Crippen molar-refractivity contribution in [3.63, 3.8) is 0 Å². The number of carbonyl (C=O) groups is 2. The van der Waals surface area contributed by atoms with Crippen molar-refractivity contribution in [2.45, 2.75) is 30.6 Å². The molecular formula is C18H21NO4S. The number of carbonyl (C=O) groups excluding carboxylic acids is 1. The van der Waals surface area contributed by atoms with Gasteiger partial charge in [0.2, 0.25) is 5.91 Å². The van der Waals surface area contributed by atoms with Crippen molar-refractivity contribution < 1.29 is 18.9 Å². The quantitative estimate of drug-likeness (QED) is 0.876. The Hall–Kier alpha value is -1.69. The van der Waals surface area contributed by atoms with E-state index in [1.807, 2.05) is 0 Å². The molecule has 1 aromatic carbocycles. The number of aliphatic carboxylic acids is 1. The minimum Gasteiger partial charge on any atom is -0.481 e. The van der Waals surface area contributed by atoms with Gasteiger partial charge in [-0.15, -0.1) is 0 Å². The van der Waals surface area contributed by atoms with E-state index in [9.17, 15) is 18.9 Å². The summed E-state index contributed by atoms with van der Waals surface area (Å²) in [7, 11) is -1.06. The Balaban J connectivity index is 1.55. The zero-order valence-electron chi connectivity index (χ0n) is 13.5. The number of carboxylic acids is 1. The number of carboxylic acid groups (broad SMARTS) is 1. The summed E-state index contributed by atoms with van der Waals surface area (Å²) in [6.45, 7) is 0. The molecule has 1 amide bonds. The molecule has 3 aliphatic rings. The molecule has 0 aliphatic heterocycles. The van der Waals surface area contributed by atoms with E-state index in [1.165, 1.54) is 0 Å². The lowest BCUT2D eigenvalue weighted by Crippen LogP contribution is -2.37. The summed E-state index contributed by atoms with van der Waals surface area (Å²) in [6.07, 6.45) is 5.68. The van der Waals surface area contributed by atoms with Gasteiger partial charge >= 0.3 is 5.97 Å². The van der Waals surface area contributed by atoms with Crippen LogP contribution in [0.3, 0.4) is 0 Å². The van der Waals surface area contributed by atoms with E-state index < -0.39 is 28.6 Å². The summed E-state index contributed by atoms with van der Waals surface area (Å²) in [4.78, 5) is 25.3. The Morgan fingerprint density at radius 1 is 1.12 bits per heavy atom. The summed E-state index contributed by atoms with van der Waals surface area (Å²) in [5.41, 5.74) is 0.763. The van der Waals surface area contributed by atoms with Crippen LogP contribution in [-0.2, 0) is 20.4 Å². The monoisotopic (exact) mass is 347 g/mol. The maximum absolute atomic E-state index is 12.8.